The van der Waals surface area contributed by atoms with Crippen LogP contribution < -0.4 is 0 Å². The molecule has 0 amide bonds. The molecule has 0 nitrogen and oxygen atoms in total. The molecule has 2 aliphatic carbocycles. The molecule has 3 heteroatoms. The fourth-order valence-corrected chi connectivity index (χ4v) is 21.2. The molecule has 0 saturated heterocycles. The third-order valence-corrected chi connectivity index (χ3v) is 22.3. The normalized spacial score (nSPS) is 14.3. The van der Waals surface area contributed by atoms with Crippen LogP contribution in [0.5, 0.6) is 0 Å². The molecule has 0 radical (unpaired) electrons. The molecule has 0 unspecified atom stereocenters. The summed E-state index contributed by atoms with van der Waals surface area (Å²) in [5.74, 6) is -1.57. The average molecular weight is 799 g/mol. The molecule has 0 N–H and O–H groups in total. The van der Waals surface area contributed by atoms with Gasteiger partial charge in [-0.05, 0) is 0 Å². The second-order valence-electron chi connectivity index (χ2n) is 15.2. The summed E-state index contributed by atoms with van der Waals surface area (Å²) in [6, 6.07) is 40.5. The first-order chi connectivity index (χ1) is 22.9. The van der Waals surface area contributed by atoms with E-state index in [0.29, 0.717) is 5.56 Å². The second-order valence-corrected chi connectivity index (χ2v) is 24.2. The summed E-state index contributed by atoms with van der Waals surface area (Å²) >= 11 is -3.51. The molecule has 0 saturated carbocycles. The Kier molecular flexibility index (Phi) is 8.57. The van der Waals surface area contributed by atoms with Crippen LogP contribution in [0.1, 0.15) is 90.6 Å². The van der Waals surface area contributed by atoms with Crippen molar-refractivity contribution in [2.75, 3.05) is 0 Å². The van der Waals surface area contributed by atoms with Crippen LogP contribution >= 0.6 is 0 Å². The first kappa shape index (κ1) is 32.7. The number of benzene rings is 5. The van der Waals surface area contributed by atoms with Gasteiger partial charge >= 0.3 is 293 Å². The number of hydrogen-bond acceptors (Lipinski definition) is 0. The molecule has 0 spiro atoms. The van der Waals surface area contributed by atoms with Crippen LogP contribution in [0.25, 0.3) is 16.7 Å². The number of rotatable bonds is 5. The monoisotopic (exact) mass is 800 g/mol. The van der Waals surface area contributed by atoms with Gasteiger partial charge in [0.1, 0.15) is 0 Å². The predicted molar refractivity (Wildman–Crippen MR) is 194 cm³/mol. The number of fused-ring (bicyclic) bond motifs is 3. The van der Waals surface area contributed by atoms with Gasteiger partial charge < -0.3 is 0 Å². The van der Waals surface area contributed by atoms with Gasteiger partial charge in [0.15, 0.2) is 0 Å². The molecule has 0 fully saturated rings. The van der Waals surface area contributed by atoms with Gasteiger partial charge in [-0.15, -0.1) is 0 Å². The van der Waals surface area contributed by atoms with Crippen molar-refractivity contribution in [2.45, 2.75) is 62.5 Å². The van der Waals surface area contributed by atoms with Crippen LogP contribution in [0.15, 0.2) is 131 Å². The van der Waals surface area contributed by atoms with Crippen LogP contribution in [0.4, 0.5) is 8.78 Å². The van der Waals surface area contributed by atoms with Crippen molar-refractivity contribution in [3.63, 3.8) is 0 Å². The SMILES string of the molecule is CC(C)(C)c1ccc2c(c1)[CH]([Hf]([C]1=C(c3cccc(F)c3F)C=CC1)=[C](c1ccccc1)c1ccccc1)c1cc(C(C)(C)C)ccc1-2. The fraction of sp³-hybridized carbons (Fsp3) is 0.222. The van der Waals surface area contributed by atoms with E-state index in [1.54, 1.807) is 12.1 Å². The molecular formula is C45H42F2Hf. The molecule has 0 aliphatic heterocycles. The summed E-state index contributed by atoms with van der Waals surface area (Å²) < 4.78 is 33.5. The Balaban J connectivity index is 1.66. The Bertz CT molecular complexity index is 2020. The Morgan fingerprint density at radius 3 is 1.62 bits per heavy atom. The topological polar surface area (TPSA) is 0 Å². The summed E-state index contributed by atoms with van der Waals surface area (Å²) in [5.41, 5.74) is 11.6. The van der Waals surface area contributed by atoms with Gasteiger partial charge in [0.05, 0.1) is 0 Å². The third kappa shape index (κ3) is 5.89. The molecular weight excluding hydrogens is 757 g/mol. The zero-order valence-electron chi connectivity index (χ0n) is 28.7. The summed E-state index contributed by atoms with van der Waals surface area (Å²) in [5, 5.41) is 0. The maximum atomic E-state index is 15.7. The van der Waals surface area contributed by atoms with E-state index in [1.165, 1.54) is 57.2 Å². The van der Waals surface area contributed by atoms with E-state index < -0.39 is 32.6 Å². The van der Waals surface area contributed by atoms with Gasteiger partial charge in [0.25, 0.3) is 0 Å². The van der Waals surface area contributed by atoms with E-state index >= 15 is 4.39 Å². The summed E-state index contributed by atoms with van der Waals surface area (Å²) in [4.78, 5) is 0. The Hall–Kier alpha value is -3.82. The van der Waals surface area contributed by atoms with Gasteiger partial charge in [0, 0.05) is 0 Å². The molecule has 2 aliphatic rings. The van der Waals surface area contributed by atoms with Crippen molar-refractivity contribution >= 4 is 8.83 Å². The molecule has 0 heterocycles. The van der Waals surface area contributed by atoms with Gasteiger partial charge in [-0.1, -0.05) is 0 Å². The molecule has 240 valence electrons. The standard InChI is InChI=1S/C21H25.C13H10.C11H7F2.Hf/c1-20(2,3)16-7-9-18-14(12-16)11-15-13-17(21(4,5)6)8-10-19(15)18;1-3-7-12(8-4-1)11-13-9-5-2-6-10-13;12-10-7-3-6-9(11(10)13)8-4-1-2-5-8;/h7-13H,1-6H3;1-10H;1,3-4,6-7H,2H2;. The zero-order chi connectivity index (χ0) is 33.8. The fourth-order valence-electron chi connectivity index (χ4n) is 7.39. The summed E-state index contributed by atoms with van der Waals surface area (Å²) in [6.45, 7) is 13.7. The van der Waals surface area contributed by atoms with Crippen LogP contribution in [0.3, 0.4) is 0 Å². The number of halogens is 2. The van der Waals surface area contributed by atoms with E-state index in [4.69, 9.17) is 0 Å². The Morgan fingerprint density at radius 1 is 0.604 bits per heavy atom. The van der Waals surface area contributed by atoms with Crippen LogP contribution in [0.2, 0.25) is 0 Å². The average Bonchev–Trinajstić information content (AvgIpc) is 3.67. The first-order valence-corrected chi connectivity index (χ1v) is 22.6. The van der Waals surface area contributed by atoms with E-state index in [-0.39, 0.29) is 14.5 Å². The van der Waals surface area contributed by atoms with E-state index in [1.807, 2.05) is 0 Å². The second kappa shape index (κ2) is 12.6. The quantitative estimate of drug-likeness (QED) is 0.155. The van der Waals surface area contributed by atoms with Crippen molar-refractivity contribution in [3.05, 3.63) is 181 Å². The van der Waals surface area contributed by atoms with Crippen molar-refractivity contribution in [1.82, 2.24) is 0 Å². The van der Waals surface area contributed by atoms with E-state index in [0.717, 1.165) is 12.0 Å². The number of hydrogen-bond donors (Lipinski definition) is 0. The van der Waals surface area contributed by atoms with Crippen LogP contribution in [-0.4, -0.2) is 3.26 Å². The molecule has 7 rings (SSSR count). The van der Waals surface area contributed by atoms with E-state index in [9.17, 15) is 4.39 Å². The van der Waals surface area contributed by atoms with Crippen molar-refractivity contribution in [3.8, 4) is 11.1 Å². The van der Waals surface area contributed by atoms with Crippen LogP contribution in [-0.2, 0) is 31.8 Å². The summed E-state index contributed by atoms with van der Waals surface area (Å²) in [6.07, 6.45) is 4.97. The predicted octanol–water partition coefficient (Wildman–Crippen LogP) is 11.9. The molecule has 0 atom stereocenters. The van der Waals surface area contributed by atoms with Crippen molar-refractivity contribution in [1.29, 1.82) is 0 Å². The van der Waals surface area contributed by atoms with Gasteiger partial charge in [-0.3, -0.25) is 0 Å². The van der Waals surface area contributed by atoms with Crippen molar-refractivity contribution in [2.24, 2.45) is 0 Å². The molecule has 0 bridgehead atoms. The van der Waals surface area contributed by atoms with E-state index in [2.05, 4.69) is 151 Å². The molecule has 5 aromatic rings. The molecule has 48 heavy (non-hydrogen) atoms. The minimum atomic E-state index is -3.51. The number of allylic oxidation sites excluding steroid dienone is 4. The van der Waals surface area contributed by atoms with Gasteiger partial charge in [-0.25, -0.2) is 0 Å². The maximum absolute atomic E-state index is 15.7. The summed E-state index contributed by atoms with van der Waals surface area (Å²) in [7, 11) is 0. The van der Waals surface area contributed by atoms with Crippen LogP contribution in [0, 0.1) is 11.6 Å². The minimum absolute atomic E-state index is 0.0221. The molecule has 5 aromatic carbocycles. The van der Waals surface area contributed by atoms with Gasteiger partial charge in [-0.2, -0.15) is 0 Å². The first-order valence-electron chi connectivity index (χ1n) is 16.9. The third-order valence-electron chi connectivity index (χ3n) is 9.93. The van der Waals surface area contributed by atoms with Gasteiger partial charge in [0.2, 0.25) is 0 Å². The van der Waals surface area contributed by atoms with Crippen molar-refractivity contribution < 1.29 is 29.7 Å². The molecule has 0 aromatic heterocycles. The Morgan fingerprint density at radius 2 is 1.12 bits per heavy atom. The Labute approximate surface area is 291 Å². The zero-order valence-corrected chi connectivity index (χ0v) is 32.3.